The summed E-state index contributed by atoms with van der Waals surface area (Å²) in [7, 11) is 0. The van der Waals surface area contributed by atoms with Crippen LogP contribution in [0.2, 0.25) is 0 Å². The molecule has 1 fully saturated rings. The summed E-state index contributed by atoms with van der Waals surface area (Å²) in [6, 6.07) is 10.4. The number of rotatable bonds is 2. The van der Waals surface area contributed by atoms with Gasteiger partial charge in [0.05, 0.1) is 18.0 Å². The molecule has 0 aliphatic heterocycles. The topological polar surface area (TPSA) is 36.1 Å². The largest absolute Gasteiger partial charge is 0.288 e. The molecule has 1 aliphatic carbocycles. The number of halogens is 1. The van der Waals surface area contributed by atoms with Crippen molar-refractivity contribution in [3.05, 3.63) is 34.3 Å². The van der Waals surface area contributed by atoms with E-state index in [1.165, 1.54) is 0 Å². The third kappa shape index (κ3) is 2.21. The van der Waals surface area contributed by atoms with Crippen LogP contribution < -0.4 is 0 Å². The molecule has 0 aromatic heterocycles. The lowest BCUT2D eigenvalue weighted by Gasteiger charge is -1.92. The number of aliphatic imine (C=N–C) groups is 1. The zero-order valence-corrected chi connectivity index (χ0v) is 9.11. The predicted octanol–water partition coefficient (Wildman–Crippen LogP) is 2.78. The molecule has 70 valence electrons. The maximum Gasteiger partial charge on any atom is 0.0708 e. The number of nitrogens with zero attached hydrogens (tertiary/aromatic N) is 2. The van der Waals surface area contributed by atoms with Crippen molar-refractivity contribution in [2.24, 2.45) is 10.9 Å². The second-order valence-corrected chi connectivity index (χ2v) is 4.28. The van der Waals surface area contributed by atoms with Gasteiger partial charge in [-0.05, 0) is 24.1 Å². The lowest BCUT2D eigenvalue weighted by atomic mass is 10.2. The normalized spacial score (nSPS) is 24.9. The van der Waals surface area contributed by atoms with Crippen molar-refractivity contribution in [1.82, 2.24) is 0 Å². The van der Waals surface area contributed by atoms with Gasteiger partial charge >= 0.3 is 0 Å². The second-order valence-electron chi connectivity index (χ2n) is 3.37. The van der Waals surface area contributed by atoms with Gasteiger partial charge in [0.2, 0.25) is 0 Å². The molecule has 2 unspecified atom stereocenters. The number of hydrogen-bond donors (Lipinski definition) is 0. The van der Waals surface area contributed by atoms with Gasteiger partial charge in [-0.2, -0.15) is 5.26 Å². The second kappa shape index (κ2) is 3.93. The Morgan fingerprint density at radius 2 is 2.14 bits per heavy atom. The average molecular weight is 249 g/mol. The Morgan fingerprint density at radius 1 is 1.43 bits per heavy atom. The van der Waals surface area contributed by atoms with E-state index in [1.54, 1.807) is 0 Å². The lowest BCUT2D eigenvalue weighted by Crippen LogP contribution is -1.85. The van der Waals surface area contributed by atoms with Crippen molar-refractivity contribution in [2.45, 2.75) is 12.5 Å². The highest BCUT2D eigenvalue weighted by atomic mass is 79.9. The first-order valence-corrected chi connectivity index (χ1v) is 5.27. The molecule has 14 heavy (non-hydrogen) atoms. The lowest BCUT2D eigenvalue weighted by molar-refractivity contribution is 0.990. The van der Waals surface area contributed by atoms with Crippen LogP contribution in [0.4, 0.5) is 0 Å². The van der Waals surface area contributed by atoms with E-state index in [9.17, 15) is 0 Å². The van der Waals surface area contributed by atoms with E-state index in [0.717, 1.165) is 16.5 Å². The molecule has 0 saturated heterocycles. The molecule has 1 aliphatic rings. The number of benzene rings is 1. The minimum Gasteiger partial charge on any atom is -0.288 e. The summed E-state index contributed by atoms with van der Waals surface area (Å²) in [6.45, 7) is 0. The van der Waals surface area contributed by atoms with Crippen LogP contribution >= 0.6 is 15.9 Å². The minimum atomic E-state index is 0.154. The Balaban J connectivity index is 1.98. The first kappa shape index (κ1) is 9.42. The van der Waals surface area contributed by atoms with Crippen molar-refractivity contribution in [3.63, 3.8) is 0 Å². The molecule has 0 spiro atoms. The van der Waals surface area contributed by atoms with Crippen molar-refractivity contribution >= 4 is 22.1 Å². The minimum absolute atomic E-state index is 0.154. The summed E-state index contributed by atoms with van der Waals surface area (Å²) in [4.78, 5) is 4.33. The third-order valence-electron chi connectivity index (χ3n) is 2.21. The Labute approximate surface area is 91.4 Å². The molecular weight excluding hydrogens is 240 g/mol. The van der Waals surface area contributed by atoms with Crippen LogP contribution in [0, 0.1) is 17.2 Å². The molecule has 3 heteroatoms. The summed E-state index contributed by atoms with van der Waals surface area (Å²) >= 11 is 3.37. The molecule has 2 atom stereocenters. The van der Waals surface area contributed by atoms with Crippen LogP contribution in [0.3, 0.4) is 0 Å². The smallest absolute Gasteiger partial charge is 0.0708 e. The van der Waals surface area contributed by atoms with Gasteiger partial charge in [0.25, 0.3) is 0 Å². The molecule has 0 amide bonds. The summed E-state index contributed by atoms with van der Waals surface area (Å²) in [6.07, 6.45) is 2.76. The predicted molar refractivity (Wildman–Crippen MR) is 59.2 cm³/mol. The highest BCUT2D eigenvalue weighted by Gasteiger charge is 2.36. The maximum absolute atomic E-state index is 8.58. The number of nitriles is 1. The first-order valence-electron chi connectivity index (χ1n) is 4.48. The molecule has 2 rings (SSSR count). The molecule has 0 bridgehead atoms. The van der Waals surface area contributed by atoms with Crippen molar-refractivity contribution in [1.29, 1.82) is 5.26 Å². The van der Waals surface area contributed by atoms with Gasteiger partial charge in [0.15, 0.2) is 0 Å². The zero-order chi connectivity index (χ0) is 9.97. The van der Waals surface area contributed by atoms with Crippen LogP contribution in [-0.2, 0) is 0 Å². The Bertz CT molecular complexity index is 389. The zero-order valence-electron chi connectivity index (χ0n) is 7.52. The maximum atomic E-state index is 8.58. The van der Waals surface area contributed by atoms with E-state index in [-0.39, 0.29) is 12.0 Å². The van der Waals surface area contributed by atoms with Crippen LogP contribution in [0.1, 0.15) is 12.0 Å². The van der Waals surface area contributed by atoms with E-state index in [4.69, 9.17) is 5.26 Å². The van der Waals surface area contributed by atoms with Crippen LogP contribution in [-0.4, -0.2) is 12.3 Å². The quantitative estimate of drug-likeness (QED) is 0.742. The molecule has 0 N–H and O–H groups in total. The van der Waals surface area contributed by atoms with Crippen LogP contribution in [0.15, 0.2) is 33.7 Å². The first-order chi connectivity index (χ1) is 6.79. The highest BCUT2D eigenvalue weighted by molar-refractivity contribution is 9.10. The monoisotopic (exact) mass is 248 g/mol. The fourth-order valence-electron chi connectivity index (χ4n) is 1.22. The van der Waals surface area contributed by atoms with Crippen molar-refractivity contribution < 1.29 is 0 Å². The SMILES string of the molecule is N#CC1CC1N=Cc1ccc(Br)cc1. The van der Waals surface area contributed by atoms with Gasteiger partial charge in [-0.3, -0.25) is 4.99 Å². The summed E-state index contributed by atoms with van der Waals surface area (Å²) in [5.74, 6) is 0.154. The fraction of sp³-hybridized carbons (Fsp3) is 0.273. The molecule has 1 aromatic carbocycles. The molecular formula is C11H9BrN2. The van der Waals surface area contributed by atoms with Crippen LogP contribution in [0.25, 0.3) is 0 Å². The van der Waals surface area contributed by atoms with Gasteiger partial charge < -0.3 is 0 Å². The Morgan fingerprint density at radius 3 is 2.71 bits per heavy atom. The molecule has 0 radical (unpaired) electrons. The van der Waals surface area contributed by atoms with Crippen molar-refractivity contribution in [2.75, 3.05) is 0 Å². The fourth-order valence-corrected chi connectivity index (χ4v) is 1.48. The van der Waals surface area contributed by atoms with Crippen molar-refractivity contribution in [3.8, 4) is 6.07 Å². The summed E-state index contributed by atoms with van der Waals surface area (Å²) in [5.41, 5.74) is 1.08. The van der Waals surface area contributed by atoms with Gasteiger partial charge in [-0.25, -0.2) is 0 Å². The summed E-state index contributed by atoms with van der Waals surface area (Å²) < 4.78 is 1.07. The van der Waals surface area contributed by atoms with Gasteiger partial charge in [-0.1, -0.05) is 28.1 Å². The number of hydrogen-bond acceptors (Lipinski definition) is 2. The van der Waals surface area contributed by atoms with E-state index in [1.807, 2.05) is 30.5 Å². The Kier molecular flexibility index (Phi) is 2.64. The summed E-state index contributed by atoms with van der Waals surface area (Å²) in [5, 5.41) is 8.58. The molecule has 1 aromatic rings. The molecule has 2 nitrogen and oxygen atoms in total. The van der Waals surface area contributed by atoms with E-state index in [2.05, 4.69) is 27.0 Å². The van der Waals surface area contributed by atoms with E-state index in [0.29, 0.717) is 0 Å². The standard InChI is InChI=1S/C11H9BrN2/c12-10-3-1-8(2-4-10)7-14-11-5-9(11)6-13/h1-4,7,9,11H,5H2. The third-order valence-corrected chi connectivity index (χ3v) is 2.74. The van der Waals surface area contributed by atoms with E-state index >= 15 is 0 Å². The van der Waals surface area contributed by atoms with E-state index < -0.39 is 0 Å². The highest BCUT2D eigenvalue weighted by Crippen LogP contribution is 2.32. The van der Waals surface area contributed by atoms with Gasteiger partial charge in [0, 0.05) is 10.7 Å². The average Bonchev–Trinajstić information content (AvgIpc) is 2.96. The van der Waals surface area contributed by atoms with Gasteiger partial charge in [0.1, 0.15) is 0 Å². The van der Waals surface area contributed by atoms with Crippen LogP contribution in [0.5, 0.6) is 0 Å². The van der Waals surface area contributed by atoms with Gasteiger partial charge in [-0.15, -0.1) is 0 Å². The molecule has 1 saturated carbocycles. The molecule has 0 heterocycles. The Hall–Kier alpha value is -1.14.